The molecule has 172 valence electrons. The predicted octanol–water partition coefficient (Wildman–Crippen LogP) is 5.28. The topological polar surface area (TPSA) is 80.7 Å². The molecule has 4 aliphatic carbocycles. The maximum atomic E-state index is 13.1. The number of hydrogen-bond donors (Lipinski definition) is 1. The number of carbonyl (C=O) groups is 3. The van der Waals surface area contributed by atoms with Crippen LogP contribution in [-0.4, -0.2) is 28.9 Å². The van der Waals surface area contributed by atoms with Crippen molar-refractivity contribution in [2.75, 3.05) is 0 Å². The van der Waals surface area contributed by atoms with E-state index in [1.54, 1.807) is 24.3 Å². The zero-order valence-electron chi connectivity index (χ0n) is 19.4. The fourth-order valence-corrected chi connectivity index (χ4v) is 8.66. The van der Waals surface area contributed by atoms with E-state index in [4.69, 9.17) is 4.74 Å². The van der Waals surface area contributed by atoms with Crippen molar-refractivity contribution in [2.45, 2.75) is 78.2 Å². The molecule has 0 amide bonds. The molecule has 0 aliphatic heterocycles. The monoisotopic (exact) mass is 438 g/mol. The van der Waals surface area contributed by atoms with Gasteiger partial charge in [0.05, 0.1) is 11.0 Å². The fraction of sp³-hybridized carbons (Fsp3) is 0.667. The molecule has 1 N–H and O–H groups in total. The average Bonchev–Trinajstić information content (AvgIpc) is 3.08. The van der Waals surface area contributed by atoms with Gasteiger partial charge in [-0.3, -0.25) is 9.59 Å². The van der Waals surface area contributed by atoms with Gasteiger partial charge in [0, 0.05) is 17.8 Å². The van der Waals surface area contributed by atoms with Crippen molar-refractivity contribution in [3.8, 4) is 0 Å². The first kappa shape index (κ1) is 21.7. The Balaban J connectivity index is 1.59. The normalized spacial score (nSPS) is 45.0. The molecule has 5 nitrogen and oxygen atoms in total. The van der Waals surface area contributed by atoms with Crippen LogP contribution in [0.4, 0.5) is 0 Å². The lowest BCUT2D eigenvalue weighted by atomic mass is 9.37. The second kappa shape index (κ2) is 6.91. The third-order valence-corrected chi connectivity index (χ3v) is 10.3. The molecular formula is C27H34O5. The lowest BCUT2D eigenvalue weighted by Crippen LogP contribution is -2.66. The van der Waals surface area contributed by atoms with Gasteiger partial charge in [-0.05, 0) is 74.3 Å². The standard InChI is InChI=1S/C27H34O5/c1-24-12-13-27(16-24)18(15-20(24)28)14-19(32-22(29)17-8-5-4-6-9-17)21-25(2,23(30)31)10-7-11-26(21,27)3/h4-6,8-9,18-19,21H,7,10-16H2,1-3H3,(H,30,31)/t18-,19+,21-,24-,25+,26-,27-/m0/s1. The van der Waals surface area contributed by atoms with Crippen LogP contribution in [0, 0.1) is 33.5 Å². The second-order valence-corrected chi connectivity index (χ2v) is 11.7. The molecular weight excluding hydrogens is 404 g/mol. The largest absolute Gasteiger partial charge is 0.481 e. The van der Waals surface area contributed by atoms with E-state index in [2.05, 4.69) is 13.8 Å². The summed E-state index contributed by atoms with van der Waals surface area (Å²) in [5, 5.41) is 10.4. The first-order valence-corrected chi connectivity index (χ1v) is 12.1. The van der Waals surface area contributed by atoms with Crippen molar-refractivity contribution in [1.29, 1.82) is 0 Å². The lowest BCUT2D eigenvalue weighted by molar-refractivity contribution is -0.224. The number of Topliss-reactive ketones (excluding diaryl/α,β-unsaturated/α-hetero) is 1. The Bertz CT molecular complexity index is 972. The van der Waals surface area contributed by atoms with Crippen LogP contribution < -0.4 is 0 Å². The van der Waals surface area contributed by atoms with Crippen LogP contribution in [0.2, 0.25) is 0 Å². The molecule has 1 spiro atoms. The SMILES string of the molecule is C[C@]12CC[C@]3(C1)[C@H](CC2=O)C[C@@H](OC(=O)c1ccccc1)[C@H]1[C@](C)(C(=O)O)CCC[C@@]13C. The third-order valence-electron chi connectivity index (χ3n) is 10.3. The van der Waals surface area contributed by atoms with Crippen molar-refractivity contribution >= 4 is 17.7 Å². The van der Waals surface area contributed by atoms with E-state index in [9.17, 15) is 19.5 Å². The molecule has 0 aromatic heterocycles. The number of hydrogen-bond acceptors (Lipinski definition) is 4. The molecule has 5 heteroatoms. The van der Waals surface area contributed by atoms with Crippen LogP contribution in [0.1, 0.15) is 82.5 Å². The van der Waals surface area contributed by atoms with Crippen molar-refractivity contribution < 1.29 is 24.2 Å². The summed E-state index contributed by atoms with van der Waals surface area (Å²) >= 11 is 0. The number of carbonyl (C=O) groups excluding carboxylic acids is 2. The predicted molar refractivity (Wildman–Crippen MR) is 119 cm³/mol. The molecule has 0 saturated heterocycles. The van der Waals surface area contributed by atoms with E-state index in [0.29, 0.717) is 30.6 Å². The Kier molecular flexibility index (Phi) is 4.68. The van der Waals surface area contributed by atoms with Crippen molar-refractivity contribution in [3.05, 3.63) is 35.9 Å². The van der Waals surface area contributed by atoms with Crippen LogP contribution in [0.15, 0.2) is 30.3 Å². The highest BCUT2D eigenvalue weighted by molar-refractivity contribution is 5.89. The van der Waals surface area contributed by atoms with Crippen molar-refractivity contribution in [2.24, 2.45) is 33.5 Å². The molecule has 4 aliphatic rings. The van der Waals surface area contributed by atoms with E-state index in [1.807, 2.05) is 13.0 Å². The number of carboxylic acid groups (broad SMARTS) is 1. The summed E-state index contributed by atoms with van der Waals surface area (Å²) in [4.78, 5) is 38.8. The van der Waals surface area contributed by atoms with E-state index < -0.39 is 23.5 Å². The number of esters is 1. The lowest BCUT2D eigenvalue weighted by Gasteiger charge is -2.67. The summed E-state index contributed by atoms with van der Waals surface area (Å²) in [6, 6.07) is 8.92. The van der Waals surface area contributed by atoms with Gasteiger partial charge in [-0.15, -0.1) is 0 Å². The summed E-state index contributed by atoms with van der Waals surface area (Å²) in [7, 11) is 0. The van der Waals surface area contributed by atoms with Gasteiger partial charge in [-0.25, -0.2) is 4.79 Å². The highest BCUT2D eigenvalue weighted by atomic mass is 16.5. The maximum Gasteiger partial charge on any atom is 0.338 e. The minimum absolute atomic E-state index is 0.0485. The molecule has 0 heterocycles. The van der Waals surface area contributed by atoms with Gasteiger partial charge >= 0.3 is 11.9 Å². The molecule has 0 unspecified atom stereocenters. The number of ketones is 1. The number of ether oxygens (including phenoxy) is 1. The van der Waals surface area contributed by atoms with Gasteiger partial charge in [0.15, 0.2) is 0 Å². The highest BCUT2D eigenvalue weighted by Gasteiger charge is 2.73. The summed E-state index contributed by atoms with van der Waals surface area (Å²) < 4.78 is 6.16. The number of carboxylic acids is 1. The zero-order chi connectivity index (χ0) is 22.9. The summed E-state index contributed by atoms with van der Waals surface area (Å²) in [6.07, 6.45) is 5.72. The van der Waals surface area contributed by atoms with E-state index in [1.165, 1.54) is 0 Å². The van der Waals surface area contributed by atoms with Gasteiger partial charge < -0.3 is 9.84 Å². The Labute approximate surface area is 189 Å². The Hall–Kier alpha value is -2.17. The first-order valence-electron chi connectivity index (χ1n) is 12.1. The van der Waals surface area contributed by atoms with Crippen LogP contribution in [0.3, 0.4) is 0 Å². The molecule has 1 aromatic carbocycles. The van der Waals surface area contributed by atoms with E-state index >= 15 is 0 Å². The third kappa shape index (κ3) is 2.72. The first-order chi connectivity index (χ1) is 15.1. The Morgan fingerprint density at radius 1 is 1.03 bits per heavy atom. The Morgan fingerprint density at radius 2 is 1.75 bits per heavy atom. The van der Waals surface area contributed by atoms with Crippen LogP contribution >= 0.6 is 0 Å². The van der Waals surface area contributed by atoms with Crippen LogP contribution in [-0.2, 0) is 14.3 Å². The van der Waals surface area contributed by atoms with Crippen molar-refractivity contribution in [3.63, 3.8) is 0 Å². The molecule has 1 aromatic rings. The minimum Gasteiger partial charge on any atom is -0.481 e. The van der Waals surface area contributed by atoms with Crippen LogP contribution in [0.25, 0.3) is 0 Å². The van der Waals surface area contributed by atoms with E-state index in [-0.39, 0.29) is 28.1 Å². The highest BCUT2D eigenvalue weighted by Crippen LogP contribution is 2.75. The molecule has 4 fully saturated rings. The number of fused-ring (bicyclic) bond motifs is 2. The molecule has 4 saturated carbocycles. The van der Waals surface area contributed by atoms with Gasteiger partial charge in [0.1, 0.15) is 11.9 Å². The molecule has 0 radical (unpaired) electrons. The second-order valence-electron chi connectivity index (χ2n) is 11.7. The van der Waals surface area contributed by atoms with Gasteiger partial charge in [-0.1, -0.05) is 38.5 Å². The van der Waals surface area contributed by atoms with E-state index in [0.717, 1.165) is 32.1 Å². The summed E-state index contributed by atoms with van der Waals surface area (Å²) in [5.74, 6) is -0.970. The number of rotatable bonds is 3. The summed E-state index contributed by atoms with van der Waals surface area (Å²) in [5.41, 5.74) is -1.08. The zero-order valence-corrected chi connectivity index (χ0v) is 19.4. The smallest absolute Gasteiger partial charge is 0.338 e. The minimum atomic E-state index is -0.950. The quantitative estimate of drug-likeness (QED) is 0.650. The molecule has 5 rings (SSSR count). The molecule has 32 heavy (non-hydrogen) atoms. The number of aliphatic carboxylic acids is 1. The van der Waals surface area contributed by atoms with Crippen LogP contribution in [0.5, 0.6) is 0 Å². The van der Waals surface area contributed by atoms with Crippen molar-refractivity contribution in [1.82, 2.24) is 0 Å². The number of benzene rings is 1. The molecule has 2 bridgehead atoms. The maximum absolute atomic E-state index is 13.1. The van der Waals surface area contributed by atoms with Gasteiger partial charge in [-0.2, -0.15) is 0 Å². The van der Waals surface area contributed by atoms with Gasteiger partial charge in [0.2, 0.25) is 0 Å². The van der Waals surface area contributed by atoms with Gasteiger partial charge in [0.25, 0.3) is 0 Å². The summed E-state index contributed by atoms with van der Waals surface area (Å²) in [6.45, 7) is 6.23. The fourth-order valence-electron chi connectivity index (χ4n) is 8.66. The average molecular weight is 439 g/mol. The Morgan fingerprint density at radius 3 is 2.44 bits per heavy atom. The molecule has 7 atom stereocenters.